The fourth-order valence-electron chi connectivity index (χ4n) is 2.55. The molecule has 0 aliphatic carbocycles. The van der Waals surface area contributed by atoms with Crippen LogP contribution in [-0.2, 0) is 9.59 Å². The highest BCUT2D eigenvalue weighted by molar-refractivity contribution is 5.86. The number of carbonyl (C=O) groups excluding carboxylic acids is 2. The van der Waals surface area contributed by atoms with Crippen molar-refractivity contribution < 1.29 is 14.3 Å². The van der Waals surface area contributed by atoms with E-state index >= 15 is 0 Å². The van der Waals surface area contributed by atoms with Gasteiger partial charge in [-0.2, -0.15) is 5.10 Å². The summed E-state index contributed by atoms with van der Waals surface area (Å²) < 4.78 is 5.36. The number of hydrogen-bond donors (Lipinski definition) is 2. The summed E-state index contributed by atoms with van der Waals surface area (Å²) in [5.41, 5.74) is 3.26. The van der Waals surface area contributed by atoms with Crippen LogP contribution in [0.5, 0.6) is 5.75 Å². The molecule has 0 spiro atoms. The fraction of sp³-hybridized carbons (Fsp3) is 0.571. The highest BCUT2D eigenvalue weighted by Gasteiger charge is 2.04. The summed E-state index contributed by atoms with van der Waals surface area (Å²) in [6.45, 7) is 4.69. The Morgan fingerprint density at radius 2 is 1.63 bits per heavy atom. The van der Waals surface area contributed by atoms with E-state index in [9.17, 15) is 9.59 Å². The Morgan fingerprint density at radius 1 is 0.963 bits per heavy atom. The van der Waals surface area contributed by atoms with Gasteiger partial charge in [0.25, 0.3) is 5.91 Å². The molecular formula is C21H33N3O3. The maximum atomic E-state index is 11.7. The molecule has 0 radical (unpaired) electrons. The highest BCUT2D eigenvalue weighted by Crippen LogP contribution is 2.10. The lowest BCUT2D eigenvalue weighted by Crippen LogP contribution is -2.34. The smallest absolute Gasteiger partial charge is 0.259 e. The molecule has 0 atom stereocenters. The summed E-state index contributed by atoms with van der Waals surface area (Å²) in [5, 5.41) is 6.51. The number of nitrogens with one attached hydrogen (secondary N) is 2. The Labute approximate surface area is 162 Å². The standard InChI is InChI=1S/C21H33N3O3/c1-3-5-6-7-8-9-10-11-20(25)22-17-21(26)24-23-16-18-12-14-19(15-13-18)27-4-2/h12-16H,3-11,17H2,1-2H3,(H,22,25)(H,24,26)/b23-16+. The lowest BCUT2D eigenvalue weighted by atomic mass is 10.1. The van der Waals surface area contributed by atoms with Crippen LogP contribution < -0.4 is 15.5 Å². The highest BCUT2D eigenvalue weighted by atomic mass is 16.5. The van der Waals surface area contributed by atoms with Crippen molar-refractivity contribution in [3.05, 3.63) is 29.8 Å². The molecule has 0 saturated heterocycles. The molecule has 0 aliphatic heterocycles. The zero-order chi connectivity index (χ0) is 19.7. The van der Waals surface area contributed by atoms with E-state index in [2.05, 4.69) is 22.8 Å². The molecule has 0 heterocycles. The molecule has 6 heteroatoms. The molecule has 1 aromatic carbocycles. The van der Waals surface area contributed by atoms with Crippen molar-refractivity contribution in [1.82, 2.24) is 10.7 Å². The average molecular weight is 376 g/mol. The summed E-state index contributed by atoms with van der Waals surface area (Å²) in [4.78, 5) is 23.4. The number of nitrogens with zero attached hydrogens (tertiary/aromatic N) is 1. The van der Waals surface area contributed by atoms with Gasteiger partial charge in [0.2, 0.25) is 5.91 Å². The van der Waals surface area contributed by atoms with E-state index in [1.165, 1.54) is 32.1 Å². The normalized spacial score (nSPS) is 10.7. The van der Waals surface area contributed by atoms with Crippen molar-refractivity contribution in [2.24, 2.45) is 5.10 Å². The number of benzene rings is 1. The Morgan fingerprint density at radius 3 is 2.30 bits per heavy atom. The van der Waals surface area contributed by atoms with Crippen LogP contribution in [0.3, 0.4) is 0 Å². The van der Waals surface area contributed by atoms with Crippen LogP contribution in [-0.4, -0.2) is 31.2 Å². The summed E-state index contributed by atoms with van der Waals surface area (Å²) in [7, 11) is 0. The minimum absolute atomic E-state index is 0.0596. The van der Waals surface area contributed by atoms with Crippen molar-refractivity contribution in [1.29, 1.82) is 0 Å². The molecular weight excluding hydrogens is 342 g/mol. The molecule has 0 fully saturated rings. The summed E-state index contributed by atoms with van der Waals surface area (Å²) in [5.74, 6) is 0.363. The molecule has 0 aliphatic rings. The van der Waals surface area contributed by atoms with Gasteiger partial charge in [-0.25, -0.2) is 5.43 Å². The first-order valence-corrected chi connectivity index (χ1v) is 9.97. The molecule has 27 heavy (non-hydrogen) atoms. The SMILES string of the molecule is CCCCCCCCCC(=O)NCC(=O)N/N=C/c1ccc(OCC)cc1. The van der Waals surface area contributed by atoms with Crippen LogP contribution in [0.2, 0.25) is 0 Å². The predicted octanol–water partition coefficient (Wildman–Crippen LogP) is 3.79. The quantitative estimate of drug-likeness (QED) is 0.295. The molecule has 0 unspecified atom stereocenters. The first kappa shape index (κ1) is 22.7. The van der Waals surface area contributed by atoms with E-state index in [1.807, 2.05) is 31.2 Å². The van der Waals surface area contributed by atoms with Gasteiger partial charge >= 0.3 is 0 Å². The second-order valence-electron chi connectivity index (χ2n) is 6.44. The molecule has 6 nitrogen and oxygen atoms in total. The van der Waals surface area contributed by atoms with E-state index in [0.717, 1.165) is 24.2 Å². The number of hydrazone groups is 1. The van der Waals surface area contributed by atoms with Crippen LogP contribution in [0, 0.1) is 0 Å². The molecule has 150 valence electrons. The number of amides is 2. The zero-order valence-corrected chi connectivity index (χ0v) is 16.6. The van der Waals surface area contributed by atoms with Gasteiger partial charge in [0.1, 0.15) is 5.75 Å². The number of ether oxygens (including phenoxy) is 1. The van der Waals surface area contributed by atoms with Crippen molar-refractivity contribution in [3.63, 3.8) is 0 Å². The van der Waals surface area contributed by atoms with Gasteiger partial charge in [-0.1, -0.05) is 45.4 Å². The van der Waals surface area contributed by atoms with Crippen LogP contribution in [0.1, 0.15) is 70.8 Å². The maximum absolute atomic E-state index is 11.7. The van der Waals surface area contributed by atoms with Crippen molar-refractivity contribution in [3.8, 4) is 5.75 Å². The topological polar surface area (TPSA) is 79.8 Å². The fourth-order valence-corrected chi connectivity index (χ4v) is 2.55. The van der Waals surface area contributed by atoms with E-state index < -0.39 is 0 Å². The van der Waals surface area contributed by atoms with Crippen molar-refractivity contribution in [2.45, 2.75) is 65.2 Å². The monoisotopic (exact) mass is 375 g/mol. The predicted molar refractivity (Wildman–Crippen MR) is 109 cm³/mol. The molecule has 1 aromatic rings. The van der Waals surface area contributed by atoms with Gasteiger partial charge in [0, 0.05) is 6.42 Å². The van der Waals surface area contributed by atoms with Gasteiger partial charge in [0.05, 0.1) is 19.4 Å². The van der Waals surface area contributed by atoms with Crippen LogP contribution >= 0.6 is 0 Å². The maximum Gasteiger partial charge on any atom is 0.259 e. The van der Waals surface area contributed by atoms with E-state index in [1.54, 1.807) is 6.21 Å². The Hall–Kier alpha value is -2.37. The van der Waals surface area contributed by atoms with E-state index in [4.69, 9.17) is 4.74 Å². The second kappa shape index (κ2) is 14.8. The Kier molecular flexibility index (Phi) is 12.4. The summed E-state index contributed by atoms with van der Waals surface area (Å²) in [6.07, 6.45) is 10.2. The van der Waals surface area contributed by atoms with Gasteiger partial charge in [-0.3, -0.25) is 9.59 Å². The Balaban J connectivity index is 2.11. The van der Waals surface area contributed by atoms with Crippen LogP contribution in [0.15, 0.2) is 29.4 Å². The number of rotatable bonds is 14. The van der Waals surface area contributed by atoms with Gasteiger partial charge in [-0.05, 0) is 43.2 Å². The van der Waals surface area contributed by atoms with Gasteiger partial charge in [-0.15, -0.1) is 0 Å². The van der Waals surface area contributed by atoms with Gasteiger partial charge in [0.15, 0.2) is 0 Å². The third kappa shape index (κ3) is 11.8. The zero-order valence-electron chi connectivity index (χ0n) is 16.6. The number of hydrogen-bond acceptors (Lipinski definition) is 4. The lowest BCUT2D eigenvalue weighted by molar-refractivity contribution is -0.126. The van der Waals surface area contributed by atoms with Crippen molar-refractivity contribution in [2.75, 3.05) is 13.2 Å². The molecule has 0 saturated carbocycles. The van der Waals surface area contributed by atoms with E-state index in [-0.39, 0.29) is 18.4 Å². The third-order valence-electron chi connectivity index (χ3n) is 4.05. The first-order valence-electron chi connectivity index (χ1n) is 9.97. The minimum Gasteiger partial charge on any atom is -0.494 e. The number of carbonyl (C=O) groups is 2. The van der Waals surface area contributed by atoms with Crippen molar-refractivity contribution >= 4 is 18.0 Å². The van der Waals surface area contributed by atoms with Gasteiger partial charge < -0.3 is 10.1 Å². The Bertz CT molecular complexity index is 571. The minimum atomic E-state index is -0.342. The molecule has 1 rings (SSSR count). The first-order chi connectivity index (χ1) is 13.2. The van der Waals surface area contributed by atoms with E-state index in [0.29, 0.717) is 13.0 Å². The third-order valence-corrected chi connectivity index (χ3v) is 4.05. The lowest BCUT2D eigenvalue weighted by Gasteiger charge is -2.05. The molecule has 0 aromatic heterocycles. The molecule has 2 N–H and O–H groups in total. The van der Waals surface area contributed by atoms with Crippen LogP contribution in [0.25, 0.3) is 0 Å². The largest absolute Gasteiger partial charge is 0.494 e. The second-order valence-corrected chi connectivity index (χ2v) is 6.44. The molecule has 2 amide bonds. The molecule has 0 bridgehead atoms. The van der Waals surface area contributed by atoms with Crippen LogP contribution in [0.4, 0.5) is 0 Å². The number of unbranched alkanes of at least 4 members (excludes halogenated alkanes) is 6. The summed E-state index contributed by atoms with van der Waals surface area (Å²) in [6, 6.07) is 7.39. The summed E-state index contributed by atoms with van der Waals surface area (Å²) >= 11 is 0. The average Bonchev–Trinajstić information content (AvgIpc) is 2.67.